The van der Waals surface area contributed by atoms with Crippen LogP contribution in [0.5, 0.6) is 0 Å². The fraction of sp³-hybridized carbons (Fsp3) is 0.250. The van der Waals surface area contributed by atoms with Crippen molar-refractivity contribution < 1.29 is 0 Å². The summed E-state index contributed by atoms with van der Waals surface area (Å²) < 4.78 is 0.414. The standard InChI is InChI=1S/C20H19ClIN3/c1-24-9-10-25(19(22)13-24)20-12-16(14-5-3-2-4-6-14)17-11-15(21)7-8-18(17)23-20/h2-8,11-12,19H,9-10,13H2,1H3. The van der Waals surface area contributed by atoms with Crippen molar-refractivity contribution in [2.75, 3.05) is 31.6 Å². The van der Waals surface area contributed by atoms with Gasteiger partial charge in [-0.15, -0.1) is 0 Å². The molecule has 0 amide bonds. The summed E-state index contributed by atoms with van der Waals surface area (Å²) in [5, 5.41) is 1.84. The van der Waals surface area contributed by atoms with E-state index in [2.05, 4.69) is 69.8 Å². The summed E-state index contributed by atoms with van der Waals surface area (Å²) in [5.74, 6) is 1.04. The lowest BCUT2D eigenvalue weighted by molar-refractivity contribution is 0.306. The third-order valence-corrected chi connectivity index (χ3v) is 5.96. The van der Waals surface area contributed by atoms with Gasteiger partial charge in [-0.25, -0.2) is 4.98 Å². The van der Waals surface area contributed by atoms with Gasteiger partial charge in [0.1, 0.15) is 5.82 Å². The third-order valence-electron chi connectivity index (χ3n) is 4.66. The van der Waals surface area contributed by atoms with Crippen molar-refractivity contribution in [1.29, 1.82) is 0 Å². The van der Waals surface area contributed by atoms with Crippen LogP contribution in [0, 0.1) is 0 Å². The molecule has 2 aromatic carbocycles. The Morgan fingerprint density at radius 3 is 2.64 bits per heavy atom. The van der Waals surface area contributed by atoms with Gasteiger partial charge in [-0.05, 0) is 42.4 Å². The summed E-state index contributed by atoms with van der Waals surface area (Å²) in [6.45, 7) is 3.09. The monoisotopic (exact) mass is 463 g/mol. The first kappa shape index (κ1) is 17.1. The van der Waals surface area contributed by atoms with Crippen LogP contribution in [0.1, 0.15) is 0 Å². The zero-order chi connectivity index (χ0) is 17.4. The molecular formula is C20H19ClIN3. The number of fused-ring (bicyclic) bond motifs is 1. The highest BCUT2D eigenvalue weighted by Gasteiger charge is 2.25. The topological polar surface area (TPSA) is 19.4 Å². The average molecular weight is 464 g/mol. The highest BCUT2D eigenvalue weighted by Crippen LogP contribution is 2.34. The Kier molecular flexibility index (Phi) is 4.84. The number of piperazine rings is 1. The minimum Gasteiger partial charge on any atom is -0.342 e. The minimum atomic E-state index is 0.414. The van der Waals surface area contributed by atoms with Crippen molar-refractivity contribution in [3.8, 4) is 11.1 Å². The van der Waals surface area contributed by atoms with E-state index in [1.807, 2.05) is 24.3 Å². The number of likely N-dealkylation sites (N-methyl/N-ethyl adjacent to an activating group) is 1. The molecular weight excluding hydrogens is 445 g/mol. The van der Waals surface area contributed by atoms with E-state index < -0.39 is 0 Å². The number of benzene rings is 2. The van der Waals surface area contributed by atoms with Crippen molar-refractivity contribution in [3.63, 3.8) is 0 Å². The number of hydrogen-bond acceptors (Lipinski definition) is 3. The van der Waals surface area contributed by atoms with E-state index in [0.717, 1.165) is 41.4 Å². The first-order valence-electron chi connectivity index (χ1n) is 8.37. The van der Waals surface area contributed by atoms with Crippen molar-refractivity contribution >= 4 is 50.9 Å². The molecule has 3 nitrogen and oxygen atoms in total. The molecule has 1 fully saturated rings. The summed E-state index contributed by atoms with van der Waals surface area (Å²) in [6.07, 6.45) is 0. The molecule has 0 radical (unpaired) electrons. The molecule has 0 bridgehead atoms. The SMILES string of the molecule is CN1CCN(c2cc(-c3ccccc3)c3cc(Cl)ccc3n2)C(I)C1. The van der Waals surface area contributed by atoms with Crippen LogP contribution in [-0.2, 0) is 0 Å². The maximum atomic E-state index is 6.26. The van der Waals surface area contributed by atoms with Crippen molar-refractivity contribution in [2.24, 2.45) is 0 Å². The third kappa shape index (κ3) is 3.48. The molecule has 2 heterocycles. The maximum absolute atomic E-state index is 6.26. The van der Waals surface area contributed by atoms with Gasteiger partial charge in [0, 0.05) is 30.0 Å². The van der Waals surface area contributed by atoms with Crippen molar-refractivity contribution in [2.45, 2.75) is 4.05 Å². The van der Waals surface area contributed by atoms with Gasteiger partial charge >= 0.3 is 0 Å². The van der Waals surface area contributed by atoms with Crippen LogP contribution in [0.15, 0.2) is 54.6 Å². The second-order valence-corrected chi connectivity index (χ2v) is 8.32. The maximum Gasteiger partial charge on any atom is 0.130 e. The van der Waals surface area contributed by atoms with Crippen LogP contribution in [0.25, 0.3) is 22.0 Å². The number of hydrogen-bond donors (Lipinski definition) is 0. The van der Waals surface area contributed by atoms with Crippen LogP contribution < -0.4 is 4.90 Å². The van der Waals surface area contributed by atoms with Crippen LogP contribution in [0.2, 0.25) is 5.02 Å². The Balaban J connectivity index is 1.88. The molecule has 1 atom stereocenters. The lowest BCUT2D eigenvalue weighted by Gasteiger charge is -2.38. The summed E-state index contributed by atoms with van der Waals surface area (Å²) in [4.78, 5) is 9.72. The van der Waals surface area contributed by atoms with Gasteiger partial charge < -0.3 is 9.80 Å². The molecule has 0 spiro atoms. The molecule has 0 N–H and O–H groups in total. The van der Waals surface area contributed by atoms with Gasteiger partial charge in [-0.1, -0.05) is 64.5 Å². The number of anilines is 1. The molecule has 1 saturated heterocycles. The van der Waals surface area contributed by atoms with Crippen molar-refractivity contribution in [3.05, 3.63) is 59.6 Å². The van der Waals surface area contributed by atoms with Gasteiger partial charge in [-0.3, -0.25) is 0 Å². The Hall–Kier alpha value is -1.37. The highest BCUT2D eigenvalue weighted by molar-refractivity contribution is 14.1. The largest absolute Gasteiger partial charge is 0.342 e. The van der Waals surface area contributed by atoms with Gasteiger partial charge in [0.2, 0.25) is 0 Å². The smallest absolute Gasteiger partial charge is 0.130 e. The fourth-order valence-corrected chi connectivity index (χ4v) is 4.72. The molecule has 1 aromatic heterocycles. The second-order valence-electron chi connectivity index (χ2n) is 6.45. The molecule has 4 rings (SSSR count). The molecule has 0 aliphatic carbocycles. The molecule has 1 unspecified atom stereocenters. The minimum absolute atomic E-state index is 0.414. The predicted octanol–water partition coefficient (Wildman–Crippen LogP) is 5.07. The Morgan fingerprint density at radius 2 is 1.88 bits per heavy atom. The second kappa shape index (κ2) is 7.09. The van der Waals surface area contributed by atoms with Gasteiger partial charge in [0.25, 0.3) is 0 Å². The van der Waals surface area contributed by atoms with E-state index in [1.165, 1.54) is 11.1 Å². The zero-order valence-electron chi connectivity index (χ0n) is 14.0. The number of rotatable bonds is 2. The van der Waals surface area contributed by atoms with E-state index in [0.29, 0.717) is 4.05 Å². The Morgan fingerprint density at radius 1 is 1.08 bits per heavy atom. The number of alkyl halides is 1. The molecule has 0 saturated carbocycles. The highest BCUT2D eigenvalue weighted by atomic mass is 127. The van der Waals surface area contributed by atoms with Gasteiger partial charge in [0.05, 0.1) is 9.57 Å². The molecule has 25 heavy (non-hydrogen) atoms. The molecule has 1 aliphatic rings. The van der Waals surface area contributed by atoms with E-state index in [9.17, 15) is 0 Å². The average Bonchev–Trinajstić information content (AvgIpc) is 2.62. The predicted molar refractivity (Wildman–Crippen MR) is 115 cm³/mol. The lowest BCUT2D eigenvalue weighted by atomic mass is 10.0. The number of pyridine rings is 1. The summed E-state index contributed by atoms with van der Waals surface area (Å²) in [5.41, 5.74) is 3.37. The van der Waals surface area contributed by atoms with Crippen LogP contribution in [0.3, 0.4) is 0 Å². The summed E-state index contributed by atoms with van der Waals surface area (Å²) in [6, 6.07) is 18.6. The fourth-order valence-electron chi connectivity index (χ4n) is 3.31. The van der Waals surface area contributed by atoms with E-state index in [4.69, 9.17) is 16.6 Å². The lowest BCUT2D eigenvalue weighted by Crippen LogP contribution is -2.49. The van der Waals surface area contributed by atoms with Crippen LogP contribution in [0.4, 0.5) is 5.82 Å². The summed E-state index contributed by atoms with van der Waals surface area (Å²) >= 11 is 8.78. The normalized spacial score (nSPS) is 18.7. The summed E-state index contributed by atoms with van der Waals surface area (Å²) in [7, 11) is 2.17. The van der Waals surface area contributed by atoms with Crippen LogP contribution in [-0.4, -0.2) is 40.6 Å². The zero-order valence-corrected chi connectivity index (χ0v) is 16.9. The number of aromatic nitrogens is 1. The Labute approximate surface area is 166 Å². The Bertz CT molecular complexity index is 900. The number of halogens is 2. The van der Waals surface area contributed by atoms with Gasteiger partial charge in [-0.2, -0.15) is 0 Å². The first-order valence-corrected chi connectivity index (χ1v) is 9.99. The molecule has 1 aliphatic heterocycles. The quantitative estimate of drug-likeness (QED) is 0.301. The van der Waals surface area contributed by atoms with E-state index >= 15 is 0 Å². The molecule has 5 heteroatoms. The molecule has 128 valence electrons. The van der Waals surface area contributed by atoms with Crippen LogP contribution >= 0.6 is 34.2 Å². The van der Waals surface area contributed by atoms with E-state index in [1.54, 1.807) is 0 Å². The van der Waals surface area contributed by atoms with E-state index in [-0.39, 0.29) is 0 Å². The molecule has 3 aromatic rings. The van der Waals surface area contributed by atoms with Crippen molar-refractivity contribution in [1.82, 2.24) is 9.88 Å². The first-order chi connectivity index (χ1) is 12.1. The number of nitrogens with zero attached hydrogens (tertiary/aromatic N) is 3. The van der Waals surface area contributed by atoms with Gasteiger partial charge in [0.15, 0.2) is 0 Å².